The summed E-state index contributed by atoms with van der Waals surface area (Å²) in [6, 6.07) is 22.0. The van der Waals surface area contributed by atoms with Crippen LogP contribution in [0.3, 0.4) is 0 Å². The van der Waals surface area contributed by atoms with E-state index in [0.717, 1.165) is 22.4 Å². The van der Waals surface area contributed by atoms with Gasteiger partial charge in [0.15, 0.2) is 11.0 Å². The molecule has 0 fully saturated rings. The van der Waals surface area contributed by atoms with Gasteiger partial charge in [0.05, 0.1) is 10.7 Å². The molecular formula is C24H21N5O3S. The van der Waals surface area contributed by atoms with Crippen LogP contribution in [-0.2, 0) is 4.79 Å². The highest BCUT2D eigenvalue weighted by Crippen LogP contribution is 2.29. The maximum Gasteiger partial charge on any atom is 0.292 e. The maximum atomic E-state index is 12.6. The second-order valence-electron chi connectivity index (χ2n) is 7.46. The van der Waals surface area contributed by atoms with E-state index in [1.807, 2.05) is 66.9 Å². The Morgan fingerprint density at radius 3 is 2.48 bits per heavy atom. The zero-order chi connectivity index (χ0) is 23.4. The summed E-state index contributed by atoms with van der Waals surface area (Å²) in [6.07, 6.45) is 0. The molecule has 0 atom stereocenters. The number of carbonyl (C=O) groups excluding carboxylic acids is 1. The number of aryl methyl sites for hydroxylation is 2. The van der Waals surface area contributed by atoms with Crippen molar-refractivity contribution in [1.82, 2.24) is 14.8 Å². The van der Waals surface area contributed by atoms with E-state index in [2.05, 4.69) is 15.5 Å². The molecule has 9 heteroatoms. The van der Waals surface area contributed by atoms with Crippen molar-refractivity contribution in [1.29, 1.82) is 0 Å². The smallest absolute Gasteiger partial charge is 0.292 e. The van der Waals surface area contributed by atoms with E-state index in [0.29, 0.717) is 11.0 Å². The molecule has 1 N–H and O–H groups in total. The van der Waals surface area contributed by atoms with Crippen LogP contribution in [-0.4, -0.2) is 31.3 Å². The van der Waals surface area contributed by atoms with Gasteiger partial charge < -0.3 is 5.32 Å². The third-order valence-corrected chi connectivity index (χ3v) is 5.84. The Labute approximate surface area is 194 Å². The van der Waals surface area contributed by atoms with Crippen LogP contribution in [0.25, 0.3) is 17.1 Å². The van der Waals surface area contributed by atoms with Gasteiger partial charge in [-0.15, -0.1) is 10.2 Å². The topological polar surface area (TPSA) is 103 Å². The summed E-state index contributed by atoms with van der Waals surface area (Å²) < 4.78 is 1.91. The normalized spacial score (nSPS) is 10.7. The quantitative estimate of drug-likeness (QED) is 0.232. The van der Waals surface area contributed by atoms with Crippen molar-refractivity contribution in [3.8, 4) is 17.1 Å². The van der Waals surface area contributed by atoms with Gasteiger partial charge in [-0.1, -0.05) is 65.4 Å². The van der Waals surface area contributed by atoms with E-state index in [-0.39, 0.29) is 23.0 Å². The molecule has 0 saturated carbocycles. The van der Waals surface area contributed by atoms with Crippen LogP contribution in [0, 0.1) is 24.0 Å². The molecule has 166 valence electrons. The molecular weight excluding hydrogens is 438 g/mol. The number of nitro groups is 1. The number of rotatable bonds is 7. The Bertz CT molecular complexity index is 1320. The Morgan fingerprint density at radius 2 is 1.76 bits per heavy atom. The summed E-state index contributed by atoms with van der Waals surface area (Å²) in [5.41, 5.74) is 4.03. The summed E-state index contributed by atoms with van der Waals surface area (Å²) >= 11 is 1.21. The number of hydrogen-bond donors (Lipinski definition) is 1. The number of nitro benzene ring substituents is 1. The molecule has 0 bridgehead atoms. The lowest BCUT2D eigenvalue weighted by atomic mass is 10.1. The molecule has 33 heavy (non-hydrogen) atoms. The highest BCUT2D eigenvalue weighted by molar-refractivity contribution is 7.99. The van der Waals surface area contributed by atoms with Gasteiger partial charge in [0.1, 0.15) is 5.69 Å². The molecule has 0 radical (unpaired) electrons. The molecule has 0 spiro atoms. The van der Waals surface area contributed by atoms with Gasteiger partial charge in [0.25, 0.3) is 5.69 Å². The number of thioether (sulfide) groups is 1. The standard InChI is InChI=1S/C24H21N5O3S/c1-16-10-12-19(13-11-16)28-23(18-7-5-6-17(2)14-18)26-27-24(28)33-15-22(30)25-20-8-3-4-9-21(20)29(31)32/h3-14H,15H2,1-2H3,(H,25,30). The molecule has 0 aliphatic heterocycles. The average molecular weight is 460 g/mol. The van der Waals surface area contributed by atoms with E-state index < -0.39 is 4.92 Å². The molecule has 0 aliphatic carbocycles. The second kappa shape index (κ2) is 9.66. The number of aromatic nitrogens is 3. The van der Waals surface area contributed by atoms with Crippen molar-refractivity contribution in [2.75, 3.05) is 11.1 Å². The van der Waals surface area contributed by atoms with Crippen LogP contribution < -0.4 is 5.32 Å². The first kappa shape index (κ1) is 22.2. The third-order valence-electron chi connectivity index (χ3n) is 4.91. The Hall–Kier alpha value is -3.98. The summed E-state index contributed by atoms with van der Waals surface area (Å²) in [5, 5.41) is 23.1. The molecule has 0 aliphatic rings. The van der Waals surface area contributed by atoms with Gasteiger partial charge in [-0.25, -0.2) is 0 Å². The van der Waals surface area contributed by atoms with Crippen LogP contribution in [0.1, 0.15) is 11.1 Å². The van der Waals surface area contributed by atoms with Gasteiger partial charge in [-0.2, -0.15) is 0 Å². The Kier molecular flexibility index (Phi) is 6.50. The number of amides is 1. The highest BCUT2D eigenvalue weighted by Gasteiger charge is 2.19. The van der Waals surface area contributed by atoms with Gasteiger partial charge in [0, 0.05) is 17.3 Å². The van der Waals surface area contributed by atoms with E-state index in [1.165, 1.54) is 23.9 Å². The average Bonchev–Trinajstić information content (AvgIpc) is 3.22. The van der Waals surface area contributed by atoms with Gasteiger partial charge in [0.2, 0.25) is 5.91 Å². The minimum atomic E-state index is -0.523. The second-order valence-corrected chi connectivity index (χ2v) is 8.40. The SMILES string of the molecule is Cc1ccc(-n2c(SCC(=O)Nc3ccccc3[N+](=O)[O-])nnc2-c2cccc(C)c2)cc1. The van der Waals surface area contributed by atoms with E-state index in [1.54, 1.807) is 12.1 Å². The number of benzene rings is 3. The predicted molar refractivity (Wildman–Crippen MR) is 129 cm³/mol. The van der Waals surface area contributed by atoms with Crippen molar-refractivity contribution in [2.24, 2.45) is 0 Å². The van der Waals surface area contributed by atoms with Crippen molar-refractivity contribution < 1.29 is 9.72 Å². The summed E-state index contributed by atoms with van der Waals surface area (Å²) in [6.45, 7) is 4.03. The van der Waals surface area contributed by atoms with E-state index >= 15 is 0 Å². The lowest BCUT2D eigenvalue weighted by molar-refractivity contribution is -0.383. The first-order valence-electron chi connectivity index (χ1n) is 10.2. The number of anilines is 1. The molecule has 4 rings (SSSR count). The fourth-order valence-corrected chi connectivity index (χ4v) is 4.07. The van der Waals surface area contributed by atoms with Crippen LogP contribution in [0.2, 0.25) is 0 Å². The van der Waals surface area contributed by atoms with Gasteiger partial charge in [-0.05, 0) is 38.1 Å². The molecule has 3 aromatic carbocycles. The van der Waals surface area contributed by atoms with Gasteiger partial charge >= 0.3 is 0 Å². The number of nitrogens with one attached hydrogen (secondary N) is 1. The van der Waals surface area contributed by atoms with Crippen molar-refractivity contribution >= 4 is 29.0 Å². The van der Waals surface area contributed by atoms with Crippen LogP contribution >= 0.6 is 11.8 Å². The largest absolute Gasteiger partial charge is 0.320 e. The van der Waals surface area contributed by atoms with Gasteiger partial charge in [-0.3, -0.25) is 19.5 Å². The molecule has 0 unspecified atom stereocenters. The number of carbonyl (C=O) groups is 1. The fourth-order valence-electron chi connectivity index (χ4n) is 3.32. The Balaban J connectivity index is 1.61. The van der Waals surface area contributed by atoms with Crippen molar-refractivity contribution in [3.63, 3.8) is 0 Å². The molecule has 4 aromatic rings. The first-order valence-corrected chi connectivity index (χ1v) is 11.2. The molecule has 8 nitrogen and oxygen atoms in total. The highest BCUT2D eigenvalue weighted by atomic mass is 32.2. The minimum Gasteiger partial charge on any atom is -0.320 e. The fraction of sp³-hybridized carbons (Fsp3) is 0.125. The van der Waals surface area contributed by atoms with Crippen LogP contribution in [0.15, 0.2) is 78.0 Å². The number of hydrogen-bond acceptors (Lipinski definition) is 6. The molecule has 1 amide bonds. The van der Waals surface area contributed by atoms with Crippen LogP contribution in [0.4, 0.5) is 11.4 Å². The van der Waals surface area contributed by atoms with E-state index in [4.69, 9.17) is 0 Å². The minimum absolute atomic E-state index is 0.0177. The zero-order valence-corrected chi connectivity index (χ0v) is 18.9. The summed E-state index contributed by atoms with van der Waals surface area (Å²) in [5.74, 6) is 0.318. The number of nitrogens with zero attached hydrogens (tertiary/aromatic N) is 4. The Morgan fingerprint density at radius 1 is 1.00 bits per heavy atom. The molecule has 0 saturated heterocycles. The summed E-state index contributed by atoms with van der Waals surface area (Å²) in [4.78, 5) is 23.2. The monoisotopic (exact) mass is 459 g/mol. The van der Waals surface area contributed by atoms with Crippen molar-refractivity contribution in [3.05, 3.63) is 94.0 Å². The third kappa shape index (κ3) is 5.09. The lowest BCUT2D eigenvalue weighted by Gasteiger charge is -2.11. The van der Waals surface area contributed by atoms with E-state index in [9.17, 15) is 14.9 Å². The predicted octanol–water partition coefficient (Wildman–Crippen LogP) is 5.19. The number of para-hydroxylation sites is 2. The lowest BCUT2D eigenvalue weighted by Crippen LogP contribution is -2.15. The maximum absolute atomic E-state index is 12.6. The first-order chi connectivity index (χ1) is 15.9. The van der Waals surface area contributed by atoms with Crippen molar-refractivity contribution in [2.45, 2.75) is 19.0 Å². The van der Waals surface area contributed by atoms with Crippen LogP contribution in [0.5, 0.6) is 0 Å². The molecule has 1 heterocycles. The summed E-state index contributed by atoms with van der Waals surface area (Å²) in [7, 11) is 0. The molecule has 1 aromatic heterocycles. The zero-order valence-electron chi connectivity index (χ0n) is 18.1.